The Balaban J connectivity index is 1.45. The fourth-order valence-corrected chi connectivity index (χ4v) is 2.58. The summed E-state index contributed by atoms with van der Waals surface area (Å²) in [5.74, 6) is 1.39. The van der Waals surface area contributed by atoms with Gasteiger partial charge in [0, 0.05) is 13.1 Å². The molecule has 1 heterocycles. The maximum Gasteiger partial charge on any atom is 0.231 e. The van der Waals surface area contributed by atoms with Crippen molar-refractivity contribution >= 4 is 11.8 Å². The summed E-state index contributed by atoms with van der Waals surface area (Å²) in [4.78, 5) is 24.0. The summed E-state index contributed by atoms with van der Waals surface area (Å²) in [6.45, 7) is 5.40. The largest absolute Gasteiger partial charge is 0.454 e. The van der Waals surface area contributed by atoms with E-state index in [1.54, 1.807) is 0 Å². The third kappa shape index (κ3) is 3.75. The Hall–Kier alpha value is -2.24. The van der Waals surface area contributed by atoms with Crippen molar-refractivity contribution in [3.8, 4) is 11.5 Å². The Labute approximate surface area is 135 Å². The van der Waals surface area contributed by atoms with Crippen LogP contribution >= 0.6 is 0 Å². The third-order valence-electron chi connectivity index (χ3n) is 4.05. The van der Waals surface area contributed by atoms with Crippen LogP contribution in [0.3, 0.4) is 0 Å². The molecule has 0 bridgehead atoms. The van der Waals surface area contributed by atoms with Gasteiger partial charge < -0.3 is 20.1 Å². The van der Waals surface area contributed by atoms with Crippen molar-refractivity contribution in [2.24, 2.45) is 17.8 Å². The first kappa shape index (κ1) is 15.6. The molecule has 2 atom stereocenters. The summed E-state index contributed by atoms with van der Waals surface area (Å²) in [7, 11) is 0. The molecule has 1 aromatic carbocycles. The predicted octanol–water partition coefficient (Wildman–Crippen LogP) is 1.44. The number of benzene rings is 1. The minimum atomic E-state index is -0.198. The van der Waals surface area contributed by atoms with Crippen LogP contribution in [0, 0.1) is 17.8 Å². The Morgan fingerprint density at radius 1 is 1.13 bits per heavy atom. The van der Waals surface area contributed by atoms with E-state index in [9.17, 15) is 9.59 Å². The zero-order valence-corrected chi connectivity index (χ0v) is 13.4. The van der Waals surface area contributed by atoms with Gasteiger partial charge in [0.2, 0.25) is 18.6 Å². The number of rotatable bonds is 6. The maximum absolute atomic E-state index is 12.1. The number of nitrogens with one attached hydrogen (secondary N) is 2. The molecule has 2 unspecified atom stereocenters. The van der Waals surface area contributed by atoms with Crippen LogP contribution < -0.4 is 20.1 Å². The van der Waals surface area contributed by atoms with Crippen molar-refractivity contribution in [1.82, 2.24) is 10.6 Å². The summed E-state index contributed by atoms with van der Waals surface area (Å²) in [5.41, 5.74) is 0.948. The maximum atomic E-state index is 12.1. The second kappa shape index (κ2) is 6.48. The number of carbonyl (C=O) groups is 2. The van der Waals surface area contributed by atoms with Gasteiger partial charge in [-0.1, -0.05) is 19.9 Å². The number of hydrogen-bond acceptors (Lipinski definition) is 4. The summed E-state index contributed by atoms with van der Waals surface area (Å²) in [5, 5.41) is 5.77. The number of amides is 2. The smallest absolute Gasteiger partial charge is 0.231 e. The standard InChI is InChI=1S/C17H22N2O4/c1-10(2)7-18-16(20)12-6-13(12)17(21)19-8-11-3-4-14-15(5-11)23-9-22-14/h3-5,10,12-13H,6-9H2,1-2H3,(H,18,20)(H,19,21). The summed E-state index contributed by atoms with van der Waals surface area (Å²) in [6.07, 6.45) is 0.636. The van der Waals surface area contributed by atoms with E-state index in [0.717, 1.165) is 11.3 Å². The highest BCUT2D eigenvalue weighted by molar-refractivity contribution is 5.92. The molecule has 6 nitrogen and oxygen atoms in total. The van der Waals surface area contributed by atoms with Crippen molar-refractivity contribution in [1.29, 1.82) is 0 Å². The fraction of sp³-hybridized carbons (Fsp3) is 0.529. The molecule has 0 spiro atoms. The lowest BCUT2D eigenvalue weighted by molar-refractivity contribution is -0.127. The highest BCUT2D eigenvalue weighted by Gasteiger charge is 2.47. The molecule has 2 N–H and O–H groups in total. The highest BCUT2D eigenvalue weighted by atomic mass is 16.7. The average Bonchev–Trinajstić information content (AvgIpc) is 3.20. The molecule has 124 valence electrons. The monoisotopic (exact) mass is 318 g/mol. The number of carbonyl (C=O) groups excluding carboxylic acids is 2. The van der Waals surface area contributed by atoms with E-state index in [1.165, 1.54) is 0 Å². The van der Waals surface area contributed by atoms with Gasteiger partial charge in [0.1, 0.15) is 0 Å². The fourth-order valence-electron chi connectivity index (χ4n) is 2.58. The minimum Gasteiger partial charge on any atom is -0.454 e. The third-order valence-corrected chi connectivity index (χ3v) is 4.05. The molecule has 0 saturated heterocycles. The van der Waals surface area contributed by atoms with Gasteiger partial charge in [-0.05, 0) is 30.0 Å². The van der Waals surface area contributed by atoms with Crippen LogP contribution in [0.2, 0.25) is 0 Å². The highest BCUT2D eigenvalue weighted by Crippen LogP contribution is 2.39. The van der Waals surface area contributed by atoms with Gasteiger partial charge in [0.15, 0.2) is 11.5 Å². The molecular weight excluding hydrogens is 296 g/mol. The average molecular weight is 318 g/mol. The Morgan fingerprint density at radius 3 is 2.57 bits per heavy atom. The van der Waals surface area contributed by atoms with Crippen LogP contribution in [-0.4, -0.2) is 25.2 Å². The second-order valence-corrected chi connectivity index (χ2v) is 6.49. The van der Waals surface area contributed by atoms with Crippen molar-refractivity contribution in [2.75, 3.05) is 13.3 Å². The number of fused-ring (bicyclic) bond motifs is 1. The van der Waals surface area contributed by atoms with E-state index in [4.69, 9.17) is 9.47 Å². The molecule has 1 saturated carbocycles. The number of hydrogen-bond donors (Lipinski definition) is 2. The molecule has 23 heavy (non-hydrogen) atoms. The van der Waals surface area contributed by atoms with Crippen LogP contribution in [0.1, 0.15) is 25.8 Å². The lowest BCUT2D eigenvalue weighted by atomic mass is 10.2. The Kier molecular flexibility index (Phi) is 4.41. The van der Waals surface area contributed by atoms with E-state index >= 15 is 0 Å². The zero-order chi connectivity index (χ0) is 16.4. The molecule has 3 rings (SSSR count). The summed E-state index contributed by atoms with van der Waals surface area (Å²) in [6, 6.07) is 5.60. The predicted molar refractivity (Wildman–Crippen MR) is 83.9 cm³/mol. The first-order valence-electron chi connectivity index (χ1n) is 7.98. The molecule has 2 aliphatic rings. The van der Waals surface area contributed by atoms with Crippen LogP contribution in [0.5, 0.6) is 11.5 Å². The van der Waals surface area contributed by atoms with Gasteiger partial charge in [-0.2, -0.15) is 0 Å². The van der Waals surface area contributed by atoms with Crippen molar-refractivity contribution in [3.05, 3.63) is 23.8 Å². The molecule has 0 aromatic heterocycles. The molecule has 1 aliphatic carbocycles. The van der Waals surface area contributed by atoms with Crippen molar-refractivity contribution in [3.63, 3.8) is 0 Å². The van der Waals surface area contributed by atoms with Gasteiger partial charge in [0.05, 0.1) is 11.8 Å². The van der Waals surface area contributed by atoms with E-state index in [-0.39, 0.29) is 30.4 Å². The van der Waals surface area contributed by atoms with Gasteiger partial charge in [0.25, 0.3) is 0 Å². The van der Waals surface area contributed by atoms with E-state index in [0.29, 0.717) is 31.2 Å². The first-order valence-corrected chi connectivity index (χ1v) is 7.98. The van der Waals surface area contributed by atoms with Gasteiger partial charge in [-0.3, -0.25) is 9.59 Å². The lowest BCUT2D eigenvalue weighted by Crippen LogP contribution is -2.31. The van der Waals surface area contributed by atoms with Crippen LogP contribution in [0.4, 0.5) is 0 Å². The molecule has 2 amide bonds. The van der Waals surface area contributed by atoms with Crippen LogP contribution in [0.25, 0.3) is 0 Å². The van der Waals surface area contributed by atoms with E-state index < -0.39 is 0 Å². The lowest BCUT2D eigenvalue weighted by Gasteiger charge is -2.08. The van der Waals surface area contributed by atoms with Gasteiger partial charge in [-0.25, -0.2) is 0 Å². The SMILES string of the molecule is CC(C)CNC(=O)C1CC1C(=O)NCc1ccc2c(c1)OCO2. The van der Waals surface area contributed by atoms with E-state index in [1.807, 2.05) is 32.0 Å². The quantitative estimate of drug-likeness (QED) is 0.832. The molecule has 1 aromatic rings. The second-order valence-electron chi connectivity index (χ2n) is 6.49. The summed E-state index contributed by atoms with van der Waals surface area (Å²) >= 11 is 0. The molecular formula is C17H22N2O4. The van der Waals surface area contributed by atoms with E-state index in [2.05, 4.69) is 10.6 Å². The number of ether oxygens (including phenoxy) is 2. The van der Waals surface area contributed by atoms with Crippen LogP contribution in [-0.2, 0) is 16.1 Å². The first-order chi connectivity index (χ1) is 11.0. The Bertz CT molecular complexity index is 615. The van der Waals surface area contributed by atoms with Crippen LogP contribution in [0.15, 0.2) is 18.2 Å². The normalized spacial score (nSPS) is 21.2. The zero-order valence-electron chi connectivity index (χ0n) is 13.4. The van der Waals surface area contributed by atoms with Crippen molar-refractivity contribution in [2.45, 2.75) is 26.8 Å². The molecule has 1 fully saturated rings. The Morgan fingerprint density at radius 2 is 1.83 bits per heavy atom. The molecule has 0 radical (unpaired) electrons. The van der Waals surface area contributed by atoms with Gasteiger partial charge in [-0.15, -0.1) is 0 Å². The van der Waals surface area contributed by atoms with Gasteiger partial charge >= 0.3 is 0 Å². The molecule has 6 heteroatoms. The minimum absolute atomic E-state index is 0.0121. The summed E-state index contributed by atoms with van der Waals surface area (Å²) < 4.78 is 10.6. The van der Waals surface area contributed by atoms with Crippen molar-refractivity contribution < 1.29 is 19.1 Å². The topological polar surface area (TPSA) is 76.7 Å². The molecule has 1 aliphatic heterocycles.